The molecule has 7 heteroatoms. The third-order valence-electron chi connectivity index (χ3n) is 3.48. The third-order valence-corrected chi connectivity index (χ3v) is 3.48. The second-order valence-electron chi connectivity index (χ2n) is 5.20. The molecule has 0 saturated carbocycles. The van der Waals surface area contributed by atoms with Crippen LogP contribution in [-0.2, 0) is 4.79 Å². The number of hydrogen-bond donors (Lipinski definition) is 2. The molecule has 0 aromatic heterocycles. The molecule has 0 spiro atoms. The van der Waals surface area contributed by atoms with Gasteiger partial charge in [0.25, 0.3) is 0 Å². The fourth-order valence-corrected chi connectivity index (χ4v) is 2.25. The average Bonchev–Trinajstić information content (AvgIpc) is 2.41. The zero-order valence-electron chi connectivity index (χ0n) is 11.7. The molecule has 1 aliphatic rings. The van der Waals surface area contributed by atoms with E-state index in [9.17, 15) is 13.6 Å². The van der Waals surface area contributed by atoms with Crippen molar-refractivity contribution in [3.05, 3.63) is 24.3 Å². The van der Waals surface area contributed by atoms with Gasteiger partial charge in [0, 0.05) is 12.2 Å². The lowest BCUT2D eigenvalue weighted by Gasteiger charge is -2.32. The number of piperidine rings is 1. The van der Waals surface area contributed by atoms with Crippen LogP contribution in [-0.4, -0.2) is 25.6 Å². The van der Waals surface area contributed by atoms with Crippen molar-refractivity contribution in [2.24, 2.45) is 5.41 Å². The number of nitrogens with one attached hydrogen (secondary N) is 2. The minimum atomic E-state index is -2.84. The monoisotopic (exact) mass is 320 g/mol. The molecule has 1 saturated heterocycles. The summed E-state index contributed by atoms with van der Waals surface area (Å²) in [7, 11) is 0. The predicted octanol–water partition coefficient (Wildman–Crippen LogP) is 3.04. The van der Waals surface area contributed by atoms with Gasteiger partial charge >= 0.3 is 6.61 Å². The topological polar surface area (TPSA) is 50.4 Å². The van der Waals surface area contributed by atoms with Crippen LogP contribution in [0.25, 0.3) is 0 Å². The highest BCUT2D eigenvalue weighted by Gasteiger charge is 2.34. The van der Waals surface area contributed by atoms with Gasteiger partial charge in [-0.1, -0.05) is 0 Å². The molecule has 1 aromatic carbocycles. The molecule has 1 heterocycles. The summed E-state index contributed by atoms with van der Waals surface area (Å²) in [6, 6.07) is 5.91. The summed E-state index contributed by atoms with van der Waals surface area (Å²) in [6.07, 6.45) is 1.80. The van der Waals surface area contributed by atoms with E-state index in [1.165, 1.54) is 12.1 Å². The second-order valence-corrected chi connectivity index (χ2v) is 5.20. The lowest BCUT2D eigenvalue weighted by Crippen LogP contribution is -2.46. The van der Waals surface area contributed by atoms with Gasteiger partial charge < -0.3 is 15.4 Å². The molecule has 1 unspecified atom stereocenters. The van der Waals surface area contributed by atoms with Crippen molar-refractivity contribution in [1.82, 2.24) is 5.32 Å². The van der Waals surface area contributed by atoms with E-state index >= 15 is 0 Å². The summed E-state index contributed by atoms with van der Waals surface area (Å²) in [5.74, 6) is 0.00997. The fourth-order valence-electron chi connectivity index (χ4n) is 2.25. The van der Waals surface area contributed by atoms with Crippen LogP contribution in [0.5, 0.6) is 5.75 Å². The Morgan fingerprint density at radius 2 is 2.05 bits per heavy atom. The molecule has 0 radical (unpaired) electrons. The van der Waals surface area contributed by atoms with Crippen LogP contribution in [0.15, 0.2) is 24.3 Å². The molecule has 118 valence electrons. The lowest BCUT2D eigenvalue weighted by atomic mass is 9.82. The van der Waals surface area contributed by atoms with E-state index in [4.69, 9.17) is 0 Å². The first-order valence-electron chi connectivity index (χ1n) is 6.57. The van der Waals surface area contributed by atoms with Crippen LogP contribution in [0.3, 0.4) is 0 Å². The summed E-state index contributed by atoms with van der Waals surface area (Å²) < 4.78 is 28.3. The van der Waals surface area contributed by atoms with Crippen molar-refractivity contribution in [3.63, 3.8) is 0 Å². The summed E-state index contributed by atoms with van der Waals surface area (Å²) in [6.45, 7) is 0.652. The Kier molecular flexibility index (Phi) is 6.36. The van der Waals surface area contributed by atoms with Gasteiger partial charge in [0.1, 0.15) is 5.75 Å². The number of hydrogen-bond acceptors (Lipinski definition) is 3. The number of alkyl halides is 2. The normalized spacial score (nSPS) is 21.5. The Labute approximate surface area is 128 Å². The number of benzene rings is 1. The van der Waals surface area contributed by atoms with Crippen LogP contribution in [0.1, 0.15) is 19.8 Å². The molecular formula is C14H19ClF2N2O2. The fraction of sp³-hybridized carbons (Fsp3) is 0.500. The van der Waals surface area contributed by atoms with Crippen molar-refractivity contribution in [1.29, 1.82) is 0 Å². The minimum absolute atomic E-state index is 0. The van der Waals surface area contributed by atoms with Gasteiger partial charge in [-0.05, 0) is 50.6 Å². The minimum Gasteiger partial charge on any atom is -0.435 e. The van der Waals surface area contributed by atoms with Crippen molar-refractivity contribution in [3.8, 4) is 5.75 Å². The van der Waals surface area contributed by atoms with E-state index in [1.807, 2.05) is 6.92 Å². The van der Waals surface area contributed by atoms with Crippen LogP contribution < -0.4 is 15.4 Å². The highest BCUT2D eigenvalue weighted by molar-refractivity contribution is 5.95. The van der Waals surface area contributed by atoms with Crippen molar-refractivity contribution >= 4 is 24.0 Å². The smallest absolute Gasteiger partial charge is 0.387 e. The van der Waals surface area contributed by atoms with Gasteiger partial charge in [-0.25, -0.2) is 0 Å². The van der Waals surface area contributed by atoms with E-state index in [1.54, 1.807) is 12.1 Å². The molecule has 21 heavy (non-hydrogen) atoms. The van der Waals surface area contributed by atoms with Crippen molar-refractivity contribution in [2.45, 2.75) is 26.4 Å². The summed E-state index contributed by atoms with van der Waals surface area (Å²) in [5, 5.41) is 6.02. The van der Waals surface area contributed by atoms with Gasteiger partial charge in [0.2, 0.25) is 5.91 Å². The van der Waals surface area contributed by atoms with Gasteiger partial charge in [-0.2, -0.15) is 8.78 Å². The molecule has 1 fully saturated rings. The predicted molar refractivity (Wildman–Crippen MR) is 79.2 cm³/mol. The van der Waals surface area contributed by atoms with Crippen molar-refractivity contribution < 1.29 is 18.3 Å². The number of carbonyl (C=O) groups is 1. The number of halogens is 3. The Hall–Kier alpha value is -1.40. The maximum absolute atomic E-state index is 12.2. The van der Waals surface area contributed by atoms with E-state index in [-0.39, 0.29) is 24.1 Å². The highest BCUT2D eigenvalue weighted by Crippen LogP contribution is 2.27. The maximum atomic E-state index is 12.2. The second kappa shape index (κ2) is 7.56. The standard InChI is InChI=1S/C14H18F2N2O2.ClH/c1-14(7-2-8-17-9-14)12(19)18-10-3-5-11(6-4-10)20-13(15)16;/h3-6,13,17H,2,7-9H2,1H3,(H,18,19);1H. The molecule has 1 amide bonds. The number of rotatable bonds is 4. The largest absolute Gasteiger partial charge is 0.435 e. The number of amides is 1. The van der Waals surface area contributed by atoms with Crippen LogP contribution in [0.4, 0.5) is 14.5 Å². The summed E-state index contributed by atoms with van der Waals surface area (Å²) in [5.41, 5.74) is 0.138. The van der Waals surface area contributed by atoms with Gasteiger partial charge in [0.15, 0.2) is 0 Å². The molecule has 0 bridgehead atoms. The zero-order chi connectivity index (χ0) is 14.6. The Morgan fingerprint density at radius 3 is 2.57 bits per heavy atom. The highest BCUT2D eigenvalue weighted by atomic mass is 35.5. The molecule has 1 atom stereocenters. The molecule has 2 rings (SSSR count). The van der Waals surface area contributed by atoms with Gasteiger partial charge in [-0.3, -0.25) is 4.79 Å². The van der Waals surface area contributed by atoms with Crippen LogP contribution in [0, 0.1) is 5.41 Å². The molecule has 2 N–H and O–H groups in total. The van der Waals surface area contributed by atoms with E-state index < -0.39 is 12.0 Å². The average molecular weight is 321 g/mol. The van der Waals surface area contributed by atoms with Crippen LogP contribution >= 0.6 is 12.4 Å². The number of carbonyl (C=O) groups excluding carboxylic acids is 1. The van der Waals surface area contributed by atoms with E-state index in [0.29, 0.717) is 12.2 Å². The first-order chi connectivity index (χ1) is 9.49. The summed E-state index contributed by atoms with van der Waals surface area (Å²) >= 11 is 0. The first-order valence-corrected chi connectivity index (χ1v) is 6.57. The third kappa shape index (κ3) is 4.82. The lowest BCUT2D eigenvalue weighted by molar-refractivity contribution is -0.125. The SMILES string of the molecule is CC1(C(=O)Nc2ccc(OC(F)F)cc2)CCCNC1.Cl. The number of anilines is 1. The quantitative estimate of drug-likeness (QED) is 0.896. The van der Waals surface area contributed by atoms with E-state index in [2.05, 4.69) is 15.4 Å². The zero-order valence-corrected chi connectivity index (χ0v) is 12.5. The molecule has 1 aromatic rings. The summed E-state index contributed by atoms with van der Waals surface area (Å²) in [4.78, 5) is 12.2. The van der Waals surface area contributed by atoms with E-state index in [0.717, 1.165) is 19.4 Å². The van der Waals surface area contributed by atoms with Gasteiger partial charge in [-0.15, -0.1) is 12.4 Å². The molecule has 4 nitrogen and oxygen atoms in total. The molecular weight excluding hydrogens is 302 g/mol. The first kappa shape index (κ1) is 17.7. The molecule has 0 aliphatic carbocycles. The maximum Gasteiger partial charge on any atom is 0.387 e. The Morgan fingerprint density at radius 1 is 1.38 bits per heavy atom. The van der Waals surface area contributed by atoms with Crippen molar-refractivity contribution in [2.75, 3.05) is 18.4 Å². The Bertz CT molecular complexity index is 463. The Balaban J connectivity index is 0.00000220. The number of ether oxygens (including phenoxy) is 1. The van der Waals surface area contributed by atoms with Gasteiger partial charge in [0.05, 0.1) is 5.41 Å². The molecule has 1 aliphatic heterocycles. The van der Waals surface area contributed by atoms with Crippen LogP contribution in [0.2, 0.25) is 0 Å².